The van der Waals surface area contributed by atoms with Crippen molar-refractivity contribution in [1.29, 1.82) is 0 Å². The molecule has 0 radical (unpaired) electrons. The van der Waals surface area contributed by atoms with Gasteiger partial charge in [0.2, 0.25) is 0 Å². The molecule has 0 saturated carbocycles. The van der Waals surface area contributed by atoms with Crippen molar-refractivity contribution in [2.75, 3.05) is 20.2 Å². The van der Waals surface area contributed by atoms with Gasteiger partial charge in [0.15, 0.2) is 0 Å². The van der Waals surface area contributed by atoms with Gasteiger partial charge in [0.05, 0.1) is 25.2 Å². The molecule has 1 aromatic heterocycles. The number of methoxy groups -OCH3 is 1. The molecule has 7 heteroatoms. The molecule has 2 heterocycles. The molecule has 3 aromatic rings. The number of aliphatic hydroxyl groups excluding tert-OH is 1. The van der Waals surface area contributed by atoms with E-state index in [2.05, 4.69) is 4.74 Å². The fourth-order valence-electron chi connectivity index (χ4n) is 3.78. The van der Waals surface area contributed by atoms with Crippen molar-refractivity contribution in [1.82, 2.24) is 4.90 Å². The monoisotopic (exact) mass is 407 g/mol. The fourth-order valence-corrected chi connectivity index (χ4v) is 3.78. The number of esters is 1. The van der Waals surface area contributed by atoms with Crippen LogP contribution in [0.5, 0.6) is 0 Å². The molecule has 1 saturated heterocycles. The van der Waals surface area contributed by atoms with E-state index in [1.807, 2.05) is 12.1 Å². The van der Waals surface area contributed by atoms with E-state index >= 15 is 0 Å². The van der Waals surface area contributed by atoms with Crippen LogP contribution in [0.3, 0.4) is 0 Å². The summed E-state index contributed by atoms with van der Waals surface area (Å²) in [4.78, 5) is 38.4. The van der Waals surface area contributed by atoms with Crippen molar-refractivity contribution in [3.05, 3.63) is 70.6 Å². The van der Waals surface area contributed by atoms with Crippen LogP contribution in [0.2, 0.25) is 0 Å². The van der Waals surface area contributed by atoms with Crippen molar-refractivity contribution in [3.8, 4) is 11.1 Å². The summed E-state index contributed by atoms with van der Waals surface area (Å²) in [5.74, 6) is -1.05. The number of carbonyl (C=O) groups excluding carboxylic acids is 2. The van der Waals surface area contributed by atoms with Crippen molar-refractivity contribution >= 4 is 22.8 Å². The molecule has 1 fully saturated rings. The average molecular weight is 407 g/mol. The largest absolute Gasteiger partial charge is 0.469 e. The Bertz CT molecular complexity index is 1170. The summed E-state index contributed by atoms with van der Waals surface area (Å²) < 4.78 is 10.1. The second kappa shape index (κ2) is 8.12. The molecule has 0 bridgehead atoms. The van der Waals surface area contributed by atoms with Crippen LogP contribution >= 0.6 is 0 Å². The molecule has 2 atom stereocenters. The smallest absolute Gasteiger partial charge is 0.344 e. The maximum absolute atomic E-state index is 13.0. The predicted octanol–water partition coefficient (Wildman–Crippen LogP) is 2.46. The van der Waals surface area contributed by atoms with E-state index in [1.165, 1.54) is 12.0 Å². The lowest BCUT2D eigenvalue weighted by molar-refractivity contribution is -0.142. The van der Waals surface area contributed by atoms with Gasteiger partial charge in [0, 0.05) is 30.0 Å². The van der Waals surface area contributed by atoms with Crippen LogP contribution in [-0.2, 0) is 9.53 Å². The number of amides is 1. The quantitative estimate of drug-likeness (QED) is 0.527. The molecule has 4 rings (SSSR count). The lowest BCUT2D eigenvalue weighted by Crippen LogP contribution is -2.29. The van der Waals surface area contributed by atoms with E-state index < -0.39 is 17.7 Å². The highest BCUT2D eigenvalue weighted by Crippen LogP contribution is 2.25. The third kappa shape index (κ3) is 3.84. The Hall–Kier alpha value is -3.45. The predicted molar refractivity (Wildman–Crippen MR) is 110 cm³/mol. The zero-order chi connectivity index (χ0) is 21.3. The summed E-state index contributed by atoms with van der Waals surface area (Å²) >= 11 is 0. The van der Waals surface area contributed by atoms with E-state index in [0.29, 0.717) is 22.3 Å². The summed E-state index contributed by atoms with van der Waals surface area (Å²) in [6.45, 7) is 0.403. The van der Waals surface area contributed by atoms with Crippen LogP contribution in [0.15, 0.2) is 63.8 Å². The van der Waals surface area contributed by atoms with Crippen molar-refractivity contribution in [3.63, 3.8) is 0 Å². The third-order valence-corrected chi connectivity index (χ3v) is 5.41. The first-order valence-electron chi connectivity index (χ1n) is 9.63. The van der Waals surface area contributed by atoms with E-state index in [9.17, 15) is 19.5 Å². The Morgan fingerprint density at radius 3 is 2.73 bits per heavy atom. The number of fused-ring (bicyclic) bond motifs is 1. The number of β-amino-alcohol motifs (C(OH)–C–C–N with tert-alkyl or cyclic N) is 1. The van der Waals surface area contributed by atoms with Gasteiger partial charge in [-0.05, 0) is 29.8 Å². The number of aliphatic hydroxyl groups is 1. The van der Waals surface area contributed by atoms with Crippen LogP contribution in [0.1, 0.15) is 16.8 Å². The summed E-state index contributed by atoms with van der Waals surface area (Å²) in [7, 11) is 1.29. The molecule has 154 valence electrons. The zero-order valence-corrected chi connectivity index (χ0v) is 16.4. The second-order valence-corrected chi connectivity index (χ2v) is 7.38. The molecular formula is C23H21NO6. The molecule has 1 aliphatic heterocycles. The molecule has 7 nitrogen and oxygen atoms in total. The Balaban J connectivity index is 1.60. The normalized spacial score (nSPS) is 18.5. The van der Waals surface area contributed by atoms with Crippen LogP contribution in [0, 0.1) is 5.92 Å². The number of rotatable bonds is 4. The molecule has 1 amide bonds. The van der Waals surface area contributed by atoms with Gasteiger partial charge in [0.1, 0.15) is 5.58 Å². The molecule has 1 aliphatic rings. The highest BCUT2D eigenvalue weighted by Gasteiger charge is 2.35. The summed E-state index contributed by atoms with van der Waals surface area (Å²) in [6.07, 6.45) is -0.733. The topological polar surface area (TPSA) is 97.0 Å². The molecule has 2 aromatic carbocycles. The number of likely N-dealkylation sites (tertiary alicyclic amines) is 1. The maximum Gasteiger partial charge on any atom is 0.344 e. The van der Waals surface area contributed by atoms with Crippen LogP contribution in [-0.4, -0.2) is 48.2 Å². The minimum atomic E-state index is -0.788. The van der Waals surface area contributed by atoms with Gasteiger partial charge < -0.3 is 19.2 Å². The first kappa shape index (κ1) is 19.8. The maximum atomic E-state index is 13.0. The molecule has 0 unspecified atom stereocenters. The molecular weight excluding hydrogens is 386 g/mol. The number of hydrogen-bond acceptors (Lipinski definition) is 6. The number of para-hydroxylation sites is 1. The summed E-state index contributed by atoms with van der Waals surface area (Å²) in [5.41, 5.74) is 1.36. The highest BCUT2D eigenvalue weighted by molar-refractivity contribution is 5.96. The van der Waals surface area contributed by atoms with Gasteiger partial charge in [-0.1, -0.05) is 30.3 Å². The zero-order valence-electron chi connectivity index (χ0n) is 16.4. The van der Waals surface area contributed by atoms with Crippen molar-refractivity contribution in [2.45, 2.75) is 12.5 Å². The lowest BCUT2D eigenvalue weighted by atomic mass is 10.0. The molecule has 1 N–H and O–H groups in total. The molecule has 0 aliphatic carbocycles. The third-order valence-electron chi connectivity index (χ3n) is 5.41. The van der Waals surface area contributed by atoms with Crippen LogP contribution in [0.4, 0.5) is 0 Å². The average Bonchev–Trinajstić information content (AvgIpc) is 3.12. The Kier molecular flexibility index (Phi) is 5.37. The minimum absolute atomic E-state index is 0.0552. The van der Waals surface area contributed by atoms with E-state index in [0.717, 1.165) is 5.39 Å². The van der Waals surface area contributed by atoms with Gasteiger partial charge in [0.25, 0.3) is 5.91 Å². The first-order chi connectivity index (χ1) is 14.5. The number of hydrogen-bond donors (Lipinski definition) is 1. The highest BCUT2D eigenvalue weighted by atomic mass is 16.5. The fraction of sp³-hybridized carbons (Fsp3) is 0.261. The first-order valence-corrected chi connectivity index (χ1v) is 9.63. The standard InChI is InChI=1S/C23H21NO6/c1-29-21(26)11-17-12-24(13-19(17)25)22(27)16-7-4-6-14(9-16)18-10-15-5-2-3-8-20(15)30-23(18)28/h2-10,17,19,25H,11-13H2,1H3/t17-,19-/m1/s1. The van der Waals surface area contributed by atoms with Crippen molar-refractivity contribution in [2.24, 2.45) is 5.92 Å². The number of benzene rings is 2. The Morgan fingerprint density at radius 1 is 1.13 bits per heavy atom. The van der Waals surface area contributed by atoms with E-state index in [4.69, 9.17) is 4.42 Å². The van der Waals surface area contributed by atoms with Gasteiger partial charge in [-0.3, -0.25) is 9.59 Å². The summed E-state index contributed by atoms with van der Waals surface area (Å²) in [5, 5.41) is 11.0. The number of carbonyl (C=O) groups is 2. The van der Waals surface area contributed by atoms with Crippen LogP contribution < -0.4 is 5.63 Å². The van der Waals surface area contributed by atoms with Gasteiger partial charge in [-0.2, -0.15) is 0 Å². The lowest BCUT2D eigenvalue weighted by Gasteiger charge is -2.16. The van der Waals surface area contributed by atoms with Gasteiger partial charge >= 0.3 is 11.6 Å². The van der Waals surface area contributed by atoms with E-state index in [1.54, 1.807) is 42.5 Å². The number of nitrogens with zero attached hydrogens (tertiary/aromatic N) is 1. The Morgan fingerprint density at radius 2 is 1.93 bits per heavy atom. The Labute approximate surface area is 172 Å². The summed E-state index contributed by atoms with van der Waals surface area (Å²) in [6, 6.07) is 15.7. The SMILES string of the molecule is COC(=O)C[C@@H]1CN(C(=O)c2cccc(-c3cc4ccccc4oc3=O)c2)C[C@H]1O. The van der Waals surface area contributed by atoms with Crippen LogP contribution in [0.25, 0.3) is 22.1 Å². The molecule has 0 spiro atoms. The minimum Gasteiger partial charge on any atom is -0.469 e. The molecule has 30 heavy (non-hydrogen) atoms. The second-order valence-electron chi connectivity index (χ2n) is 7.38. The van der Waals surface area contributed by atoms with E-state index in [-0.39, 0.29) is 31.3 Å². The van der Waals surface area contributed by atoms with Crippen molar-refractivity contribution < 1.29 is 23.8 Å². The van der Waals surface area contributed by atoms with Gasteiger partial charge in [-0.25, -0.2) is 4.79 Å². The number of ether oxygens (including phenoxy) is 1. The van der Waals surface area contributed by atoms with Gasteiger partial charge in [-0.15, -0.1) is 0 Å².